The summed E-state index contributed by atoms with van der Waals surface area (Å²) in [5.41, 5.74) is 4.05. The van der Waals surface area contributed by atoms with Crippen LogP contribution in [0.3, 0.4) is 0 Å². The second-order valence-corrected chi connectivity index (χ2v) is 3.96. The van der Waals surface area contributed by atoms with Crippen LogP contribution in [0.2, 0.25) is 0 Å². The van der Waals surface area contributed by atoms with Crippen LogP contribution < -0.4 is 5.32 Å². The van der Waals surface area contributed by atoms with Crippen LogP contribution in [0.15, 0.2) is 36.9 Å². The van der Waals surface area contributed by atoms with Crippen LogP contribution in [0.4, 0.5) is 5.95 Å². The third kappa shape index (κ3) is 1.90. The molecule has 0 aliphatic heterocycles. The van der Waals surface area contributed by atoms with Gasteiger partial charge in [0.05, 0.1) is 17.4 Å². The highest BCUT2D eigenvalue weighted by molar-refractivity contribution is 5.81. The van der Waals surface area contributed by atoms with Crippen molar-refractivity contribution in [2.24, 2.45) is 0 Å². The fraction of sp³-hybridized carbons (Fsp3) is 0.154. The summed E-state index contributed by atoms with van der Waals surface area (Å²) in [5, 5.41) is 3.07. The smallest absolute Gasteiger partial charge is 0.222 e. The molecule has 0 spiro atoms. The van der Waals surface area contributed by atoms with Gasteiger partial charge in [-0.05, 0) is 24.6 Å². The second kappa shape index (κ2) is 4.44. The Hall–Kier alpha value is -2.43. The van der Waals surface area contributed by atoms with E-state index in [2.05, 4.69) is 25.3 Å². The van der Waals surface area contributed by atoms with Crippen molar-refractivity contribution in [3.8, 4) is 11.1 Å². The Balaban J connectivity index is 1.97. The van der Waals surface area contributed by atoms with Crippen molar-refractivity contribution in [2.45, 2.75) is 6.92 Å². The van der Waals surface area contributed by atoms with E-state index in [-0.39, 0.29) is 0 Å². The van der Waals surface area contributed by atoms with Crippen molar-refractivity contribution in [1.82, 2.24) is 19.9 Å². The average Bonchev–Trinajstić information content (AvgIpc) is 2.87. The molecule has 0 saturated carbocycles. The SMILES string of the molecule is CCNc1ncc(-c2ccc3nc[nH]c3c2)cn1. The zero-order valence-electron chi connectivity index (χ0n) is 10.0. The number of hydrogen-bond acceptors (Lipinski definition) is 4. The van der Waals surface area contributed by atoms with Crippen molar-refractivity contribution in [1.29, 1.82) is 0 Å². The third-order valence-corrected chi connectivity index (χ3v) is 2.74. The summed E-state index contributed by atoms with van der Waals surface area (Å²) in [5.74, 6) is 0.656. The van der Waals surface area contributed by atoms with E-state index in [1.807, 2.05) is 37.5 Å². The van der Waals surface area contributed by atoms with Crippen molar-refractivity contribution in [2.75, 3.05) is 11.9 Å². The summed E-state index contributed by atoms with van der Waals surface area (Å²) >= 11 is 0. The Morgan fingerprint density at radius 3 is 2.72 bits per heavy atom. The van der Waals surface area contributed by atoms with Gasteiger partial charge in [0.15, 0.2) is 0 Å². The van der Waals surface area contributed by atoms with Crippen LogP contribution in [0.25, 0.3) is 22.2 Å². The van der Waals surface area contributed by atoms with Gasteiger partial charge < -0.3 is 10.3 Å². The number of aromatic amines is 1. The van der Waals surface area contributed by atoms with Crippen molar-refractivity contribution in [3.63, 3.8) is 0 Å². The number of nitrogens with one attached hydrogen (secondary N) is 2. The maximum atomic E-state index is 4.26. The molecule has 2 aromatic heterocycles. The number of benzene rings is 1. The van der Waals surface area contributed by atoms with Crippen LogP contribution in [0.5, 0.6) is 0 Å². The third-order valence-electron chi connectivity index (χ3n) is 2.74. The van der Waals surface area contributed by atoms with E-state index in [9.17, 15) is 0 Å². The van der Waals surface area contributed by atoms with Crippen LogP contribution in [-0.4, -0.2) is 26.5 Å². The van der Waals surface area contributed by atoms with Crippen molar-refractivity contribution >= 4 is 17.0 Å². The molecule has 0 saturated heterocycles. The maximum Gasteiger partial charge on any atom is 0.222 e. The van der Waals surface area contributed by atoms with E-state index < -0.39 is 0 Å². The second-order valence-electron chi connectivity index (χ2n) is 3.96. The van der Waals surface area contributed by atoms with Gasteiger partial charge in [-0.3, -0.25) is 0 Å². The summed E-state index contributed by atoms with van der Waals surface area (Å²) in [6.45, 7) is 2.84. The molecule has 1 aromatic carbocycles. The Morgan fingerprint density at radius 2 is 1.94 bits per heavy atom. The molecule has 5 heteroatoms. The lowest BCUT2D eigenvalue weighted by Crippen LogP contribution is -2.01. The molecule has 0 aliphatic carbocycles. The summed E-state index contributed by atoms with van der Waals surface area (Å²) in [4.78, 5) is 15.8. The first-order valence-corrected chi connectivity index (χ1v) is 5.86. The minimum atomic E-state index is 0.656. The highest BCUT2D eigenvalue weighted by atomic mass is 15.1. The molecule has 2 heterocycles. The van der Waals surface area contributed by atoms with Gasteiger partial charge in [0.1, 0.15) is 0 Å². The van der Waals surface area contributed by atoms with Gasteiger partial charge in [0.2, 0.25) is 5.95 Å². The fourth-order valence-corrected chi connectivity index (χ4v) is 1.84. The summed E-state index contributed by atoms with van der Waals surface area (Å²) in [7, 11) is 0. The maximum absolute atomic E-state index is 4.26. The molecule has 2 N–H and O–H groups in total. The summed E-state index contributed by atoms with van der Waals surface area (Å²) in [6.07, 6.45) is 5.34. The lowest BCUT2D eigenvalue weighted by Gasteiger charge is -2.03. The molecule has 0 fully saturated rings. The highest BCUT2D eigenvalue weighted by Crippen LogP contribution is 2.21. The predicted octanol–water partition coefficient (Wildman–Crippen LogP) is 2.45. The van der Waals surface area contributed by atoms with Crippen LogP contribution in [0, 0.1) is 0 Å². The minimum Gasteiger partial charge on any atom is -0.355 e. The normalized spacial score (nSPS) is 10.7. The molecular formula is C13H13N5. The molecule has 0 aliphatic rings. The van der Waals surface area contributed by atoms with E-state index in [0.29, 0.717) is 5.95 Å². The van der Waals surface area contributed by atoms with Crippen LogP contribution in [0.1, 0.15) is 6.92 Å². The summed E-state index contributed by atoms with van der Waals surface area (Å²) < 4.78 is 0. The Labute approximate surface area is 104 Å². The number of anilines is 1. The molecule has 18 heavy (non-hydrogen) atoms. The lowest BCUT2D eigenvalue weighted by atomic mass is 10.1. The monoisotopic (exact) mass is 239 g/mol. The largest absolute Gasteiger partial charge is 0.355 e. The number of hydrogen-bond donors (Lipinski definition) is 2. The van der Waals surface area contributed by atoms with Gasteiger partial charge in [0, 0.05) is 24.5 Å². The number of aromatic nitrogens is 4. The van der Waals surface area contributed by atoms with Gasteiger partial charge in [-0.15, -0.1) is 0 Å². The first-order valence-electron chi connectivity index (χ1n) is 5.86. The van der Waals surface area contributed by atoms with Crippen molar-refractivity contribution < 1.29 is 0 Å². The van der Waals surface area contributed by atoms with Gasteiger partial charge in [0.25, 0.3) is 0 Å². The molecule has 90 valence electrons. The highest BCUT2D eigenvalue weighted by Gasteiger charge is 2.02. The molecule has 0 amide bonds. The fourth-order valence-electron chi connectivity index (χ4n) is 1.84. The average molecular weight is 239 g/mol. The first kappa shape index (κ1) is 10.7. The van der Waals surface area contributed by atoms with Gasteiger partial charge in [-0.25, -0.2) is 15.0 Å². The van der Waals surface area contributed by atoms with Gasteiger partial charge in [-0.2, -0.15) is 0 Å². The predicted molar refractivity (Wildman–Crippen MR) is 71.3 cm³/mol. The summed E-state index contributed by atoms with van der Waals surface area (Å²) in [6, 6.07) is 6.06. The number of imidazole rings is 1. The van der Waals surface area contributed by atoms with E-state index in [1.54, 1.807) is 6.33 Å². The van der Waals surface area contributed by atoms with Gasteiger partial charge in [-0.1, -0.05) is 6.07 Å². The molecule has 0 unspecified atom stereocenters. The molecule has 3 rings (SSSR count). The van der Waals surface area contributed by atoms with Crippen molar-refractivity contribution in [3.05, 3.63) is 36.9 Å². The molecular weight excluding hydrogens is 226 g/mol. The molecule has 0 radical (unpaired) electrons. The number of rotatable bonds is 3. The van der Waals surface area contributed by atoms with Gasteiger partial charge >= 0.3 is 0 Å². The number of nitrogens with zero attached hydrogens (tertiary/aromatic N) is 3. The first-order chi connectivity index (χ1) is 8.86. The topological polar surface area (TPSA) is 66.5 Å². The Kier molecular flexibility index (Phi) is 2.64. The van der Waals surface area contributed by atoms with Crippen LogP contribution in [-0.2, 0) is 0 Å². The van der Waals surface area contributed by atoms with E-state index in [4.69, 9.17) is 0 Å². The Bertz CT molecular complexity index is 656. The standard InChI is InChI=1S/C13H13N5/c1-2-14-13-15-6-10(7-16-13)9-3-4-11-12(5-9)18-8-17-11/h3-8H,2H2,1H3,(H,17,18)(H,14,15,16). The number of H-pyrrole nitrogens is 1. The number of fused-ring (bicyclic) bond motifs is 1. The van der Waals surface area contributed by atoms with E-state index in [0.717, 1.165) is 28.7 Å². The zero-order chi connectivity index (χ0) is 12.4. The minimum absolute atomic E-state index is 0.656. The lowest BCUT2D eigenvalue weighted by molar-refractivity contribution is 1.09. The van der Waals surface area contributed by atoms with E-state index >= 15 is 0 Å². The quantitative estimate of drug-likeness (QED) is 0.736. The molecule has 3 aromatic rings. The van der Waals surface area contributed by atoms with E-state index in [1.165, 1.54) is 0 Å². The molecule has 5 nitrogen and oxygen atoms in total. The zero-order valence-corrected chi connectivity index (χ0v) is 10.0. The van der Waals surface area contributed by atoms with Crippen LogP contribution >= 0.6 is 0 Å². The Morgan fingerprint density at radius 1 is 1.11 bits per heavy atom. The molecule has 0 bridgehead atoms. The molecule has 0 atom stereocenters.